The monoisotopic (exact) mass is 588 g/mol. The Labute approximate surface area is 253 Å². The number of benzene rings is 2. The quantitative estimate of drug-likeness (QED) is 0.282. The minimum Gasteiger partial charge on any atom is -0.394 e. The van der Waals surface area contributed by atoms with Crippen LogP contribution in [0.5, 0.6) is 0 Å². The Hall–Kier alpha value is -3.30. The second kappa shape index (κ2) is 11.7. The Morgan fingerprint density at radius 2 is 1.86 bits per heavy atom. The molecule has 230 valence electrons. The molecule has 4 aliphatic rings. The molecule has 3 aromatic rings. The van der Waals surface area contributed by atoms with Gasteiger partial charge in [-0.25, -0.2) is 14.4 Å². The average molecular weight is 589 g/mol. The fraction of sp³-hybridized carbons (Fsp3) is 0.559. The first kappa shape index (κ1) is 29.8. The van der Waals surface area contributed by atoms with E-state index in [9.17, 15) is 14.3 Å². The Bertz CT molecular complexity index is 1540. The maximum atomic E-state index is 13.5. The molecule has 43 heavy (non-hydrogen) atoms. The number of rotatable bonds is 6. The molecule has 8 nitrogen and oxygen atoms in total. The van der Waals surface area contributed by atoms with Gasteiger partial charge in [-0.05, 0) is 92.2 Å². The molecule has 2 bridgehead atoms. The normalized spacial score (nSPS) is 29.3. The lowest BCUT2D eigenvalue weighted by Crippen LogP contribution is -2.59. The van der Waals surface area contributed by atoms with Crippen molar-refractivity contribution in [2.24, 2.45) is 28.2 Å². The van der Waals surface area contributed by atoms with Gasteiger partial charge < -0.3 is 20.6 Å². The highest BCUT2D eigenvalue weighted by Gasteiger charge is 2.56. The highest BCUT2D eigenvalue weighted by Crippen LogP contribution is 2.61. The topological polar surface area (TPSA) is 94.8 Å². The van der Waals surface area contributed by atoms with Crippen molar-refractivity contribution in [2.45, 2.75) is 78.0 Å². The zero-order chi connectivity index (χ0) is 30.5. The summed E-state index contributed by atoms with van der Waals surface area (Å²) in [6, 6.07) is 12.2. The lowest BCUT2D eigenvalue weighted by molar-refractivity contribution is -0.108. The van der Waals surface area contributed by atoms with E-state index < -0.39 is 6.04 Å². The molecule has 3 saturated carbocycles. The Balaban J connectivity index is 1.27. The van der Waals surface area contributed by atoms with E-state index in [2.05, 4.69) is 55.1 Å². The smallest absolute Gasteiger partial charge is 0.261 e. The maximum absolute atomic E-state index is 13.5. The molecule has 7 atom stereocenters. The lowest BCUT2D eigenvalue weighted by atomic mass is 9.45. The third kappa shape index (κ3) is 5.81. The van der Waals surface area contributed by atoms with Gasteiger partial charge in [0.2, 0.25) is 0 Å². The number of halogens is 1. The van der Waals surface area contributed by atoms with Crippen LogP contribution in [0.1, 0.15) is 59.1 Å². The predicted octanol–water partition coefficient (Wildman–Crippen LogP) is 4.83. The highest BCUT2D eigenvalue weighted by atomic mass is 19.1. The number of piperazine rings is 1. The highest BCUT2D eigenvalue weighted by molar-refractivity contribution is 5.96. The van der Waals surface area contributed by atoms with Gasteiger partial charge in [-0.15, -0.1) is 0 Å². The molecule has 3 aliphatic carbocycles. The number of aromatic nitrogens is 2. The number of hydrogen-bond acceptors (Lipinski definition) is 5. The van der Waals surface area contributed by atoms with E-state index in [1.54, 1.807) is 18.2 Å². The SMILES string of the molecule is C[C@H]1[C@@H](N=C(Nc2ccc3c(=O)n([C@H](CO)Cc4ccc(F)cc4)cnc3c2)N2C[C@@H](C)N[C@@H](C)C2)C[C@@H]2C[C@@H]1C2(C)C. The van der Waals surface area contributed by atoms with Crippen molar-refractivity contribution in [3.05, 3.63) is 70.5 Å². The first-order chi connectivity index (χ1) is 20.5. The van der Waals surface area contributed by atoms with Crippen molar-refractivity contribution in [2.75, 3.05) is 25.0 Å². The van der Waals surface area contributed by atoms with Crippen LogP contribution in [-0.2, 0) is 6.42 Å². The Morgan fingerprint density at radius 1 is 1.14 bits per heavy atom. The molecule has 0 radical (unpaired) electrons. The van der Waals surface area contributed by atoms with Crippen molar-refractivity contribution < 1.29 is 9.50 Å². The van der Waals surface area contributed by atoms with E-state index in [-0.39, 0.29) is 24.0 Å². The Morgan fingerprint density at radius 3 is 2.51 bits per heavy atom. The molecule has 0 spiro atoms. The molecule has 4 fully saturated rings. The predicted molar refractivity (Wildman–Crippen MR) is 170 cm³/mol. The molecule has 7 rings (SSSR count). The number of anilines is 1. The van der Waals surface area contributed by atoms with Crippen LogP contribution in [0.2, 0.25) is 0 Å². The van der Waals surface area contributed by atoms with Gasteiger partial charge >= 0.3 is 0 Å². The molecule has 2 heterocycles. The third-order valence-electron chi connectivity index (χ3n) is 10.5. The zero-order valence-corrected chi connectivity index (χ0v) is 25.9. The van der Waals surface area contributed by atoms with Gasteiger partial charge in [0.15, 0.2) is 5.96 Å². The minimum absolute atomic E-state index is 0.214. The molecular weight excluding hydrogens is 543 g/mol. The van der Waals surface area contributed by atoms with Gasteiger partial charge in [0.1, 0.15) is 5.82 Å². The number of aliphatic hydroxyl groups excluding tert-OH is 1. The standard InChI is InChI=1S/C34H45FN6O2/c1-20-16-40(17-21(2)37-20)33(39-30-14-24-13-29(22(30)3)34(24,4)5)38-26-10-11-28-31(15-26)36-19-41(32(28)43)27(18-42)12-23-6-8-25(35)9-7-23/h6-11,15,19-22,24,27,29-30,37,42H,12-14,16-18H2,1-5H3,(H,38,39)/t20-,21+,22-,24+,27+,29+,30+/m1/s1. The van der Waals surface area contributed by atoms with Crippen molar-refractivity contribution in [3.63, 3.8) is 0 Å². The summed E-state index contributed by atoms with van der Waals surface area (Å²) in [6.45, 7) is 13.1. The van der Waals surface area contributed by atoms with Crippen LogP contribution in [-0.4, -0.2) is 63.3 Å². The first-order valence-corrected chi connectivity index (χ1v) is 15.8. The Kier molecular flexibility index (Phi) is 8.07. The molecule has 0 amide bonds. The zero-order valence-electron chi connectivity index (χ0n) is 25.9. The molecule has 2 aromatic carbocycles. The van der Waals surface area contributed by atoms with Crippen LogP contribution in [0.3, 0.4) is 0 Å². The molecular formula is C34H45FN6O2. The van der Waals surface area contributed by atoms with Crippen LogP contribution >= 0.6 is 0 Å². The number of fused-ring (bicyclic) bond motifs is 3. The van der Waals surface area contributed by atoms with Gasteiger partial charge in [-0.1, -0.05) is 32.9 Å². The molecule has 1 aromatic heterocycles. The average Bonchev–Trinajstić information content (AvgIpc) is 2.97. The van der Waals surface area contributed by atoms with Crippen LogP contribution in [0.4, 0.5) is 10.1 Å². The van der Waals surface area contributed by atoms with E-state index in [1.807, 2.05) is 12.1 Å². The number of guanidine groups is 1. The number of aliphatic imine (C=N–C) groups is 1. The van der Waals surface area contributed by atoms with Crippen LogP contribution in [0, 0.1) is 29.0 Å². The molecule has 0 unspecified atom stereocenters. The van der Waals surface area contributed by atoms with Gasteiger partial charge in [-0.3, -0.25) is 9.36 Å². The van der Waals surface area contributed by atoms with E-state index in [4.69, 9.17) is 4.99 Å². The van der Waals surface area contributed by atoms with Crippen molar-refractivity contribution in [1.82, 2.24) is 19.8 Å². The van der Waals surface area contributed by atoms with Crippen LogP contribution < -0.4 is 16.2 Å². The summed E-state index contributed by atoms with van der Waals surface area (Å²) in [5.41, 5.74) is 2.45. The summed E-state index contributed by atoms with van der Waals surface area (Å²) in [5, 5.41) is 17.8. The number of aliphatic hydroxyl groups is 1. The summed E-state index contributed by atoms with van der Waals surface area (Å²) < 4.78 is 14.8. The van der Waals surface area contributed by atoms with E-state index in [0.29, 0.717) is 46.7 Å². The van der Waals surface area contributed by atoms with Crippen molar-refractivity contribution >= 4 is 22.5 Å². The fourth-order valence-corrected chi connectivity index (χ4v) is 7.89. The van der Waals surface area contributed by atoms with E-state index in [0.717, 1.165) is 42.6 Å². The van der Waals surface area contributed by atoms with Gasteiger partial charge in [-0.2, -0.15) is 0 Å². The maximum Gasteiger partial charge on any atom is 0.261 e. The molecule has 1 saturated heterocycles. The minimum atomic E-state index is -0.503. The lowest BCUT2D eigenvalue weighted by Gasteiger charge is -2.61. The second-order valence-corrected chi connectivity index (χ2v) is 13.8. The van der Waals surface area contributed by atoms with Crippen LogP contribution in [0.15, 0.2) is 58.6 Å². The van der Waals surface area contributed by atoms with E-state index in [1.165, 1.54) is 29.4 Å². The summed E-state index contributed by atoms with van der Waals surface area (Å²) in [5.74, 6) is 2.53. The number of nitrogens with one attached hydrogen (secondary N) is 2. The summed E-state index contributed by atoms with van der Waals surface area (Å²) in [6.07, 6.45) is 4.34. The van der Waals surface area contributed by atoms with Crippen molar-refractivity contribution in [1.29, 1.82) is 0 Å². The number of hydrogen-bond donors (Lipinski definition) is 3. The molecule has 9 heteroatoms. The number of nitrogens with zero attached hydrogens (tertiary/aromatic N) is 4. The summed E-state index contributed by atoms with van der Waals surface area (Å²) in [4.78, 5) is 25.9. The van der Waals surface area contributed by atoms with Crippen LogP contribution in [0.25, 0.3) is 10.9 Å². The molecule has 3 N–H and O–H groups in total. The summed E-state index contributed by atoms with van der Waals surface area (Å²) in [7, 11) is 0. The second-order valence-electron chi connectivity index (χ2n) is 13.8. The first-order valence-electron chi connectivity index (χ1n) is 15.8. The largest absolute Gasteiger partial charge is 0.394 e. The third-order valence-corrected chi connectivity index (χ3v) is 10.5. The van der Waals surface area contributed by atoms with Crippen molar-refractivity contribution in [3.8, 4) is 0 Å². The van der Waals surface area contributed by atoms with Gasteiger partial charge in [0.25, 0.3) is 5.56 Å². The van der Waals surface area contributed by atoms with Gasteiger partial charge in [0, 0.05) is 30.9 Å². The van der Waals surface area contributed by atoms with Gasteiger partial charge in [0.05, 0.1) is 35.9 Å². The summed E-state index contributed by atoms with van der Waals surface area (Å²) >= 11 is 0. The van der Waals surface area contributed by atoms with E-state index >= 15 is 0 Å². The molecule has 1 aliphatic heterocycles. The fourth-order valence-electron chi connectivity index (χ4n) is 7.89.